The normalized spacial score (nSPS) is 20.5. The zero-order valence-corrected chi connectivity index (χ0v) is 20.2. The van der Waals surface area contributed by atoms with Crippen LogP contribution >= 0.6 is 11.8 Å². The Kier molecular flexibility index (Phi) is 12.1. The van der Waals surface area contributed by atoms with Crippen molar-refractivity contribution in [1.29, 1.82) is 0 Å². The number of aliphatic hydroxyl groups excluding tert-OH is 1. The first-order valence-corrected chi connectivity index (χ1v) is 13.0. The molecule has 182 valence electrons. The predicted molar refractivity (Wildman–Crippen MR) is 126 cm³/mol. The van der Waals surface area contributed by atoms with Gasteiger partial charge in [0.15, 0.2) is 0 Å². The predicted octanol–water partition coefficient (Wildman–Crippen LogP) is 3.30. The minimum Gasteiger partial charge on any atom is -0.463 e. The molecule has 9 heteroatoms. The molecule has 0 bridgehead atoms. The van der Waals surface area contributed by atoms with Crippen LogP contribution in [-0.2, 0) is 14.3 Å². The van der Waals surface area contributed by atoms with Crippen molar-refractivity contribution < 1.29 is 19.4 Å². The molecule has 0 aromatic carbocycles. The summed E-state index contributed by atoms with van der Waals surface area (Å²) in [7, 11) is 0. The number of aromatic nitrogens is 2. The van der Waals surface area contributed by atoms with Crippen molar-refractivity contribution in [3.05, 3.63) is 32.6 Å². The Balaban J connectivity index is 1.57. The van der Waals surface area contributed by atoms with Gasteiger partial charge >= 0.3 is 11.7 Å². The Morgan fingerprint density at radius 3 is 2.53 bits per heavy atom. The summed E-state index contributed by atoms with van der Waals surface area (Å²) in [4.78, 5) is 37.7. The van der Waals surface area contributed by atoms with Crippen molar-refractivity contribution in [3.8, 4) is 0 Å². The summed E-state index contributed by atoms with van der Waals surface area (Å²) in [5.41, 5.74) is -0.661. The minimum atomic E-state index is -0.854. The lowest BCUT2D eigenvalue weighted by molar-refractivity contribution is -0.150. The van der Waals surface area contributed by atoms with Crippen molar-refractivity contribution in [2.75, 3.05) is 18.1 Å². The highest BCUT2D eigenvalue weighted by Crippen LogP contribution is 2.28. The third kappa shape index (κ3) is 9.11. The van der Waals surface area contributed by atoms with E-state index in [0.29, 0.717) is 12.0 Å². The molecule has 0 spiro atoms. The van der Waals surface area contributed by atoms with E-state index >= 15 is 0 Å². The van der Waals surface area contributed by atoms with Gasteiger partial charge in [0.05, 0.1) is 6.10 Å². The van der Waals surface area contributed by atoms with Gasteiger partial charge in [-0.2, -0.15) is 11.8 Å². The van der Waals surface area contributed by atoms with Crippen LogP contribution in [0.15, 0.2) is 15.8 Å². The SMILES string of the molecule is CCSCCCCCCCCCCC(=O)OC[C@H]1O[C@@H](n2cc(C)c(=O)[nH]c2=O)C[C@@H]1O. The van der Waals surface area contributed by atoms with E-state index in [1.165, 1.54) is 54.4 Å². The lowest BCUT2D eigenvalue weighted by Crippen LogP contribution is -2.33. The summed E-state index contributed by atoms with van der Waals surface area (Å²) < 4.78 is 12.2. The summed E-state index contributed by atoms with van der Waals surface area (Å²) in [5, 5.41) is 10.2. The number of aryl methyl sites for hydroxylation is 1. The van der Waals surface area contributed by atoms with Crippen LogP contribution in [0, 0.1) is 6.92 Å². The number of nitrogens with one attached hydrogen (secondary N) is 1. The molecule has 0 unspecified atom stereocenters. The van der Waals surface area contributed by atoms with Gasteiger partial charge in [0.2, 0.25) is 0 Å². The standard InChI is InChI=1S/C23H38N2O6S/c1-3-32-13-11-9-7-5-4-6-8-10-12-21(27)30-16-19-18(26)14-20(31-19)25-15-17(2)22(28)24-23(25)29/h15,18-20,26H,3-14,16H2,1-2H3,(H,24,28,29)/t18-,19+,20+/m0/s1. The molecule has 1 aliphatic heterocycles. The summed E-state index contributed by atoms with van der Waals surface area (Å²) in [6, 6.07) is 0. The third-order valence-corrected chi connectivity index (χ3v) is 6.68. The van der Waals surface area contributed by atoms with Crippen LogP contribution in [0.5, 0.6) is 0 Å². The molecule has 0 radical (unpaired) electrons. The maximum Gasteiger partial charge on any atom is 0.330 e. The fourth-order valence-electron chi connectivity index (χ4n) is 3.76. The van der Waals surface area contributed by atoms with Crippen molar-refractivity contribution in [2.45, 2.75) is 96.5 Å². The molecule has 1 fully saturated rings. The van der Waals surface area contributed by atoms with Gasteiger partial charge in [-0.25, -0.2) is 4.79 Å². The first kappa shape index (κ1) is 26.7. The Labute approximate surface area is 194 Å². The second-order valence-corrected chi connectivity index (χ2v) is 9.76. The molecule has 32 heavy (non-hydrogen) atoms. The lowest BCUT2D eigenvalue weighted by Gasteiger charge is -2.16. The van der Waals surface area contributed by atoms with Gasteiger partial charge in [0, 0.05) is 24.6 Å². The average Bonchev–Trinajstić information content (AvgIpc) is 3.13. The number of nitrogens with zero attached hydrogens (tertiary/aromatic N) is 1. The van der Waals surface area contributed by atoms with E-state index in [0.717, 1.165) is 19.3 Å². The van der Waals surface area contributed by atoms with Crippen LogP contribution < -0.4 is 11.2 Å². The van der Waals surface area contributed by atoms with Crippen molar-refractivity contribution >= 4 is 17.7 Å². The number of H-pyrrole nitrogens is 1. The van der Waals surface area contributed by atoms with E-state index in [2.05, 4.69) is 11.9 Å². The van der Waals surface area contributed by atoms with Gasteiger partial charge in [-0.05, 0) is 31.3 Å². The largest absolute Gasteiger partial charge is 0.463 e. The van der Waals surface area contributed by atoms with Crippen molar-refractivity contribution in [1.82, 2.24) is 9.55 Å². The fraction of sp³-hybridized carbons (Fsp3) is 0.783. The first-order valence-electron chi connectivity index (χ1n) is 11.8. The van der Waals surface area contributed by atoms with E-state index < -0.39 is 29.7 Å². The zero-order valence-electron chi connectivity index (χ0n) is 19.3. The maximum atomic E-state index is 12.0. The molecule has 1 aliphatic rings. The third-order valence-electron chi connectivity index (χ3n) is 5.69. The molecule has 1 aromatic rings. The van der Waals surface area contributed by atoms with Crippen molar-refractivity contribution in [2.24, 2.45) is 0 Å². The summed E-state index contributed by atoms with van der Waals surface area (Å²) >= 11 is 2.01. The number of thioether (sulfide) groups is 1. The second kappa shape index (κ2) is 14.5. The monoisotopic (exact) mass is 470 g/mol. The smallest absolute Gasteiger partial charge is 0.330 e. The van der Waals surface area contributed by atoms with E-state index in [1.54, 1.807) is 6.92 Å². The number of unbranched alkanes of at least 4 members (excludes halogenated alkanes) is 7. The molecule has 0 saturated carbocycles. The molecular weight excluding hydrogens is 432 g/mol. The van der Waals surface area contributed by atoms with Gasteiger partial charge in [-0.3, -0.25) is 19.1 Å². The van der Waals surface area contributed by atoms with Gasteiger partial charge in [-0.15, -0.1) is 0 Å². The molecule has 2 N–H and O–H groups in total. The number of aliphatic hydroxyl groups is 1. The second-order valence-electron chi connectivity index (χ2n) is 8.37. The molecule has 8 nitrogen and oxygen atoms in total. The Morgan fingerprint density at radius 1 is 1.19 bits per heavy atom. The molecule has 1 aromatic heterocycles. The summed E-state index contributed by atoms with van der Waals surface area (Å²) in [6.45, 7) is 3.74. The van der Waals surface area contributed by atoms with Crippen LogP contribution in [0.3, 0.4) is 0 Å². The van der Waals surface area contributed by atoms with Crippen molar-refractivity contribution in [3.63, 3.8) is 0 Å². The highest BCUT2D eigenvalue weighted by Gasteiger charge is 2.36. The number of hydrogen-bond donors (Lipinski definition) is 2. The number of aromatic amines is 1. The number of rotatable bonds is 15. The van der Waals surface area contributed by atoms with Crippen LogP contribution in [-0.4, -0.2) is 50.9 Å². The average molecular weight is 471 g/mol. The number of ether oxygens (including phenoxy) is 2. The van der Waals surface area contributed by atoms with E-state index in [-0.39, 0.29) is 19.0 Å². The molecule has 0 aliphatic carbocycles. The maximum absolute atomic E-state index is 12.0. The molecule has 0 amide bonds. The minimum absolute atomic E-state index is 0.0517. The molecular formula is C23H38N2O6S. The molecule has 2 rings (SSSR count). The van der Waals surface area contributed by atoms with Gasteiger partial charge in [0.25, 0.3) is 5.56 Å². The topological polar surface area (TPSA) is 111 Å². The number of carbonyl (C=O) groups is 1. The zero-order chi connectivity index (χ0) is 23.3. The van der Waals surface area contributed by atoms with E-state index in [4.69, 9.17) is 9.47 Å². The van der Waals surface area contributed by atoms with Crippen LogP contribution in [0.2, 0.25) is 0 Å². The Bertz CT molecular complexity index is 808. The first-order chi connectivity index (χ1) is 15.4. The molecule has 3 atom stereocenters. The van der Waals surface area contributed by atoms with E-state index in [9.17, 15) is 19.5 Å². The van der Waals surface area contributed by atoms with Gasteiger partial charge < -0.3 is 14.6 Å². The highest BCUT2D eigenvalue weighted by molar-refractivity contribution is 7.99. The Morgan fingerprint density at radius 2 is 1.84 bits per heavy atom. The summed E-state index contributed by atoms with van der Waals surface area (Å²) in [5.74, 6) is 2.18. The molecule has 2 heterocycles. The van der Waals surface area contributed by atoms with Crippen LogP contribution in [0.1, 0.15) is 82.9 Å². The lowest BCUT2D eigenvalue weighted by atomic mass is 10.1. The number of hydrogen-bond acceptors (Lipinski definition) is 7. The molecule has 1 saturated heterocycles. The van der Waals surface area contributed by atoms with Gasteiger partial charge in [-0.1, -0.05) is 45.4 Å². The van der Waals surface area contributed by atoms with Gasteiger partial charge in [0.1, 0.15) is 18.9 Å². The number of esters is 1. The van der Waals surface area contributed by atoms with Crippen LogP contribution in [0.4, 0.5) is 0 Å². The van der Waals surface area contributed by atoms with E-state index in [1.807, 2.05) is 11.8 Å². The fourth-order valence-corrected chi connectivity index (χ4v) is 4.46. The summed E-state index contributed by atoms with van der Waals surface area (Å²) in [6.07, 6.45) is 9.04. The Hall–Kier alpha value is -1.58. The number of carbonyl (C=O) groups excluding carboxylic acids is 1. The quantitative estimate of drug-likeness (QED) is 0.299. The highest BCUT2D eigenvalue weighted by atomic mass is 32.2. The van der Waals surface area contributed by atoms with Crippen LogP contribution in [0.25, 0.3) is 0 Å².